The zero-order valence-electron chi connectivity index (χ0n) is 18.3. The monoisotopic (exact) mass is 403 g/mol. The van der Waals surface area contributed by atoms with Crippen LogP contribution in [0.2, 0.25) is 0 Å². The largest absolute Gasteiger partial charge is 0.466 e. The minimum absolute atomic E-state index is 0.0143. The number of carbonyl (C=O) groups excluding carboxylic acids is 2. The van der Waals surface area contributed by atoms with E-state index in [9.17, 15) is 9.59 Å². The molecule has 0 spiro atoms. The van der Waals surface area contributed by atoms with Crippen molar-refractivity contribution >= 4 is 17.5 Å². The van der Waals surface area contributed by atoms with Gasteiger partial charge in [0, 0.05) is 17.3 Å². The van der Waals surface area contributed by atoms with Crippen molar-refractivity contribution in [3.8, 4) is 11.1 Å². The van der Waals surface area contributed by atoms with Crippen LogP contribution in [0.4, 0.5) is 0 Å². The van der Waals surface area contributed by atoms with E-state index in [1.807, 2.05) is 49.4 Å². The van der Waals surface area contributed by atoms with E-state index in [1.54, 1.807) is 6.92 Å². The van der Waals surface area contributed by atoms with E-state index in [4.69, 9.17) is 9.73 Å². The Hall–Kier alpha value is -3.01. The molecule has 0 aliphatic carbocycles. The van der Waals surface area contributed by atoms with E-state index in [-0.39, 0.29) is 5.78 Å². The molecule has 2 atom stereocenters. The highest BCUT2D eigenvalue weighted by Crippen LogP contribution is 2.41. The van der Waals surface area contributed by atoms with Crippen LogP contribution in [0.25, 0.3) is 11.1 Å². The molecule has 1 aliphatic rings. The minimum atomic E-state index is -0.465. The average Bonchev–Trinajstić information content (AvgIpc) is 2.73. The van der Waals surface area contributed by atoms with Crippen molar-refractivity contribution in [3.05, 3.63) is 71.4 Å². The molecule has 3 rings (SSSR count). The Labute approximate surface area is 178 Å². The summed E-state index contributed by atoms with van der Waals surface area (Å²) in [5.41, 5.74) is 5.08. The van der Waals surface area contributed by atoms with Gasteiger partial charge in [-0.2, -0.15) is 0 Å². The van der Waals surface area contributed by atoms with Gasteiger partial charge in [-0.1, -0.05) is 68.4 Å². The molecule has 156 valence electrons. The standard InChI is InChI=1S/C26H29NO3/c1-16(2)15-22-24(18(4)28)25(23(17(3)27-22)26(29)30-5)21-13-11-20(12-14-21)19-9-7-6-8-10-19/h6-14,16,24-25H,15H2,1-5H3. The van der Waals surface area contributed by atoms with Crippen LogP contribution in [0.1, 0.15) is 45.6 Å². The van der Waals surface area contributed by atoms with Gasteiger partial charge in [-0.3, -0.25) is 9.79 Å². The van der Waals surface area contributed by atoms with Crippen LogP contribution in [0, 0.1) is 11.8 Å². The summed E-state index contributed by atoms with van der Waals surface area (Å²) in [5.74, 6) is -0.915. The molecule has 2 aromatic rings. The van der Waals surface area contributed by atoms with Crippen LogP contribution in [0.15, 0.2) is 70.9 Å². The van der Waals surface area contributed by atoms with E-state index in [0.29, 0.717) is 23.6 Å². The third-order valence-electron chi connectivity index (χ3n) is 5.54. The summed E-state index contributed by atoms with van der Waals surface area (Å²) in [6.07, 6.45) is 0.717. The Morgan fingerprint density at radius 3 is 2.13 bits per heavy atom. The molecule has 4 heteroatoms. The fraction of sp³-hybridized carbons (Fsp3) is 0.346. The quantitative estimate of drug-likeness (QED) is 0.591. The van der Waals surface area contributed by atoms with Crippen LogP contribution in [0.5, 0.6) is 0 Å². The molecule has 0 bridgehead atoms. The van der Waals surface area contributed by atoms with Gasteiger partial charge in [0.15, 0.2) is 0 Å². The number of allylic oxidation sites excluding steroid dienone is 1. The maximum absolute atomic E-state index is 12.8. The topological polar surface area (TPSA) is 55.7 Å². The molecule has 0 aromatic heterocycles. The van der Waals surface area contributed by atoms with Crippen LogP contribution >= 0.6 is 0 Å². The summed E-state index contributed by atoms with van der Waals surface area (Å²) < 4.78 is 5.07. The first-order valence-electron chi connectivity index (χ1n) is 10.4. The zero-order valence-corrected chi connectivity index (χ0v) is 18.3. The van der Waals surface area contributed by atoms with Crippen molar-refractivity contribution in [2.24, 2.45) is 16.8 Å². The number of hydrogen-bond donors (Lipinski definition) is 0. The van der Waals surface area contributed by atoms with Crippen molar-refractivity contribution < 1.29 is 14.3 Å². The molecule has 0 radical (unpaired) electrons. The van der Waals surface area contributed by atoms with Gasteiger partial charge in [0.1, 0.15) is 5.78 Å². The van der Waals surface area contributed by atoms with Gasteiger partial charge in [0.25, 0.3) is 0 Å². The first kappa shape index (κ1) is 21.7. The number of hydrogen-bond acceptors (Lipinski definition) is 4. The van der Waals surface area contributed by atoms with Gasteiger partial charge in [-0.25, -0.2) is 4.79 Å². The number of esters is 1. The van der Waals surface area contributed by atoms with Gasteiger partial charge in [-0.15, -0.1) is 0 Å². The summed E-state index contributed by atoms with van der Waals surface area (Å²) in [5, 5.41) is 0. The maximum Gasteiger partial charge on any atom is 0.336 e. The highest BCUT2D eigenvalue weighted by atomic mass is 16.5. The SMILES string of the molecule is COC(=O)C1=C(C)N=C(CC(C)C)C(C(C)=O)C1c1ccc(-c2ccccc2)cc1. The Balaban J connectivity index is 2.11. The van der Waals surface area contributed by atoms with E-state index in [2.05, 4.69) is 26.0 Å². The summed E-state index contributed by atoms with van der Waals surface area (Å²) in [6.45, 7) is 7.63. The molecule has 0 amide bonds. The maximum atomic E-state index is 12.8. The molecule has 1 heterocycles. The second kappa shape index (κ2) is 9.21. The molecular formula is C26H29NO3. The lowest BCUT2D eigenvalue weighted by Gasteiger charge is -2.33. The summed E-state index contributed by atoms with van der Waals surface area (Å²) in [7, 11) is 1.37. The highest BCUT2D eigenvalue weighted by Gasteiger charge is 2.41. The smallest absolute Gasteiger partial charge is 0.336 e. The Bertz CT molecular complexity index is 985. The Morgan fingerprint density at radius 2 is 1.60 bits per heavy atom. The Kier molecular flexibility index (Phi) is 6.66. The van der Waals surface area contributed by atoms with Crippen LogP contribution in [-0.2, 0) is 14.3 Å². The minimum Gasteiger partial charge on any atom is -0.466 e. The zero-order chi connectivity index (χ0) is 21.8. The van der Waals surface area contributed by atoms with Crippen molar-refractivity contribution in [1.29, 1.82) is 0 Å². The number of carbonyl (C=O) groups is 2. The number of Topliss-reactive ketones (excluding diaryl/α,β-unsaturated/α-hetero) is 1. The lowest BCUT2D eigenvalue weighted by Crippen LogP contribution is -2.36. The molecule has 0 saturated carbocycles. The van der Waals surface area contributed by atoms with Crippen LogP contribution < -0.4 is 0 Å². The number of ketones is 1. The predicted molar refractivity (Wildman–Crippen MR) is 120 cm³/mol. The van der Waals surface area contributed by atoms with Gasteiger partial charge < -0.3 is 4.74 Å². The molecule has 2 aromatic carbocycles. The van der Waals surface area contributed by atoms with E-state index >= 15 is 0 Å². The van der Waals surface area contributed by atoms with Gasteiger partial charge in [-0.05, 0) is 42.9 Å². The second-order valence-electron chi connectivity index (χ2n) is 8.25. The van der Waals surface area contributed by atoms with Crippen LogP contribution in [0.3, 0.4) is 0 Å². The third-order valence-corrected chi connectivity index (χ3v) is 5.54. The molecule has 2 unspecified atom stereocenters. The number of rotatable bonds is 6. The van der Waals surface area contributed by atoms with Gasteiger partial charge in [0.05, 0.1) is 18.6 Å². The molecule has 4 nitrogen and oxygen atoms in total. The first-order chi connectivity index (χ1) is 14.3. The molecule has 30 heavy (non-hydrogen) atoms. The fourth-order valence-electron chi connectivity index (χ4n) is 4.25. The summed E-state index contributed by atoms with van der Waals surface area (Å²) in [6, 6.07) is 18.2. The van der Waals surface area contributed by atoms with Crippen molar-refractivity contribution in [2.75, 3.05) is 7.11 Å². The second-order valence-corrected chi connectivity index (χ2v) is 8.25. The van der Waals surface area contributed by atoms with Gasteiger partial charge >= 0.3 is 5.97 Å². The summed E-state index contributed by atoms with van der Waals surface area (Å²) in [4.78, 5) is 30.1. The van der Waals surface area contributed by atoms with Gasteiger partial charge in [0.2, 0.25) is 0 Å². The Morgan fingerprint density at radius 1 is 1.00 bits per heavy atom. The number of aliphatic imine (C=N–C) groups is 1. The molecular weight excluding hydrogens is 374 g/mol. The predicted octanol–water partition coefficient (Wildman–Crippen LogP) is 5.59. The van der Waals surface area contributed by atoms with E-state index in [0.717, 1.165) is 22.4 Å². The average molecular weight is 404 g/mol. The van der Waals surface area contributed by atoms with E-state index in [1.165, 1.54) is 7.11 Å². The van der Waals surface area contributed by atoms with Crippen molar-refractivity contribution in [2.45, 2.75) is 40.0 Å². The lowest BCUT2D eigenvalue weighted by molar-refractivity contribution is -0.136. The molecule has 0 saturated heterocycles. The molecule has 0 N–H and O–H groups in total. The number of nitrogens with zero attached hydrogens (tertiary/aromatic N) is 1. The van der Waals surface area contributed by atoms with E-state index < -0.39 is 17.8 Å². The number of benzene rings is 2. The third kappa shape index (κ3) is 4.43. The highest BCUT2D eigenvalue weighted by molar-refractivity contribution is 6.09. The number of ether oxygens (including phenoxy) is 1. The molecule has 1 aliphatic heterocycles. The van der Waals surface area contributed by atoms with Crippen molar-refractivity contribution in [1.82, 2.24) is 0 Å². The number of methoxy groups -OCH3 is 1. The first-order valence-corrected chi connectivity index (χ1v) is 10.4. The lowest BCUT2D eigenvalue weighted by atomic mass is 9.72. The van der Waals surface area contributed by atoms with Crippen LogP contribution in [-0.4, -0.2) is 24.6 Å². The summed E-state index contributed by atoms with van der Waals surface area (Å²) >= 11 is 0. The normalized spacial score (nSPS) is 18.9. The molecule has 0 fully saturated rings. The fourth-order valence-corrected chi connectivity index (χ4v) is 4.25. The van der Waals surface area contributed by atoms with Crippen molar-refractivity contribution in [3.63, 3.8) is 0 Å².